The number of aryl methyl sites for hydroxylation is 1. The summed E-state index contributed by atoms with van der Waals surface area (Å²) in [5.41, 5.74) is 2.12. The highest BCUT2D eigenvalue weighted by atomic mass is 35.5. The minimum absolute atomic E-state index is 0.233. The summed E-state index contributed by atoms with van der Waals surface area (Å²) in [5.74, 6) is 0.728. The highest BCUT2D eigenvalue weighted by molar-refractivity contribution is 6.18. The number of alkyl halides is 2. The highest BCUT2D eigenvalue weighted by Crippen LogP contribution is 2.17. The fourth-order valence-electron chi connectivity index (χ4n) is 2.89. The van der Waals surface area contributed by atoms with Gasteiger partial charge in [0.15, 0.2) is 0 Å². The predicted octanol–water partition coefficient (Wildman–Crippen LogP) is -0.155. The van der Waals surface area contributed by atoms with E-state index in [0.29, 0.717) is 37.7 Å². The average molecular weight is 467 g/mol. The topological polar surface area (TPSA) is 133 Å². The summed E-state index contributed by atoms with van der Waals surface area (Å²) in [7, 11) is 0. The molecular formula is C20H32Cl2N2O6. The number of amides is 1. The van der Waals surface area contributed by atoms with Crippen molar-refractivity contribution in [3.05, 3.63) is 29.8 Å². The molecule has 0 saturated heterocycles. The fraction of sp³-hybridized carbons (Fsp3) is 0.650. The highest BCUT2D eigenvalue weighted by Gasteiger charge is 2.30. The molecule has 1 amide bonds. The first-order valence-corrected chi connectivity index (χ1v) is 11.0. The normalized spacial score (nSPS) is 15.3. The SMILES string of the molecule is O=C(CCCc1ccc(N(CCCl)CCCl)cc1)NCC(O)C(O)C(O)C(O)CO. The van der Waals surface area contributed by atoms with E-state index in [1.165, 1.54) is 0 Å². The Morgan fingerprint density at radius 3 is 2.07 bits per heavy atom. The lowest BCUT2D eigenvalue weighted by molar-refractivity contribution is -0.126. The van der Waals surface area contributed by atoms with Crippen molar-refractivity contribution in [3.63, 3.8) is 0 Å². The molecule has 0 radical (unpaired) electrons. The van der Waals surface area contributed by atoms with Crippen LogP contribution < -0.4 is 10.2 Å². The molecule has 0 heterocycles. The quantitative estimate of drug-likeness (QED) is 0.198. The van der Waals surface area contributed by atoms with Gasteiger partial charge in [0.05, 0.1) is 12.7 Å². The van der Waals surface area contributed by atoms with Gasteiger partial charge in [0.1, 0.15) is 18.3 Å². The molecule has 1 rings (SSSR count). The molecule has 1 aromatic carbocycles. The standard InChI is InChI=1S/C20H32Cl2N2O6/c21-8-10-24(11-9-22)15-6-4-14(5-7-15)2-1-3-18(28)23-12-16(26)19(29)20(30)17(27)13-25/h4-7,16-17,19-20,25-27,29-30H,1-3,8-13H2,(H,23,28). The van der Waals surface area contributed by atoms with Crippen molar-refractivity contribution in [1.29, 1.82) is 0 Å². The monoisotopic (exact) mass is 466 g/mol. The number of benzene rings is 1. The van der Waals surface area contributed by atoms with Gasteiger partial charge in [-0.2, -0.15) is 0 Å². The first kappa shape index (κ1) is 26.9. The molecule has 4 unspecified atom stereocenters. The van der Waals surface area contributed by atoms with E-state index < -0.39 is 31.0 Å². The van der Waals surface area contributed by atoms with E-state index in [1.807, 2.05) is 24.3 Å². The first-order valence-electron chi connectivity index (χ1n) is 9.89. The fourth-order valence-corrected chi connectivity index (χ4v) is 3.30. The lowest BCUT2D eigenvalue weighted by Gasteiger charge is -2.25. The number of anilines is 1. The largest absolute Gasteiger partial charge is 0.394 e. The van der Waals surface area contributed by atoms with Crippen LogP contribution in [-0.4, -0.2) is 93.9 Å². The van der Waals surface area contributed by atoms with Crippen molar-refractivity contribution < 1.29 is 30.3 Å². The van der Waals surface area contributed by atoms with E-state index in [4.69, 9.17) is 28.3 Å². The molecular weight excluding hydrogens is 435 g/mol. The van der Waals surface area contributed by atoms with Crippen molar-refractivity contribution in [2.24, 2.45) is 0 Å². The smallest absolute Gasteiger partial charge is 0.220 e. The molecule has 0 aliphatic rings. The third kappa shape index (κ3) is 9.34. The number of carbonyl (C=O) groups excluding carboxylic acids is 1. The van der Waals surface area contributed by atoms with Gasteiger partial charge in [-0.05, 0) is 30.5 Å². The van der Waals surface area contributed by atoms with Gasteiger partial charge in [-0.15, -0.1) is 23.2 Å². The van der Waals surface area contributed by atoms with E-state index in [0.717, 1.165) is 11.3 Å². The van der Waals surface area contributed by atoms with Gasteiger partial charge < -0.3 is 35.7 Å². The van der Waals surface area contributed by atoms with Crippen LogP contribution in [0.4, 0.5) is 5.69 Å². The number of aliphatic hydroxyl groups excluding tert-OH is 5. The molecule has 0 saturated carbocycles. The summed E-state index contributed by atoms with van der Waals surface area (Å²) in [4.78, 5) is 14.0. The van der Waals surface area contributed by atoms with Crippen molar-refractivity contribution in [2.45, 2.75) is 43.7 Å². The Labute approximate surface area is 187 Å². The molecule has 0 aliphatic heterocycles. The van der Waals surface area contributed by atoms with Crippen molar-refractivity contribution >= 4 is 34.8 Å². The van der Waals surface area contributed by atoms with Gasteiger partial charge in [0.2, 0.25) is 5.91 Å². The number of aliphatic hydroxyl groups is 5. The maximum Gasteiger partial charge on any atom is 0.220 e. The van der Waals surface area contributed by atoms with Gasteiger partial charge in [-0.25, -0.2) is 0 Å². The molecule has 172 valence electrons. The molecule has 6 N–H and O–H groups in total. The molecule has 1 aromatic rings. The van der Waals surface area contributed by atoms with Gasteiger partial charge in [0.25, 0.3) is 0 Å². The number of halogens is 2. The maximum absolute atomic E-state index is 11.9. The summed E-state index contributed by atoms with van der Waals surface area (Å²) in [5, 5.41) is 49.6. The van der Waals surface area contributed by atoms with E-state index in [2.05, 4.69) is 10.2 Å². The number of hydrogen-bond donors (Lipinski definition) is 6. The zero-order valence-electron chi connectivity index (χ0n) is 16.8. The van der Waals surface area contributed by atoms with Crippen molar-refractivity contribution in [2.75, 3.05) is 42.9 Å². The second kappa shape index (κ2) is 14.8. The predicted molar refractivity (Wildman–Crippen MR) is 117 cm³/mol. The summed E-state index contributed by atoms with van der Waals surface area (Å²) in [6.45, 7) is 0.394. The van der Waals surface area contributed by atoms with E-state index in [1.54, 1.807) is 0 Å². The zero-order chi connectivity index (χ0) is 22.5. The molecule has 8 nitrogen and oxygen atoms in total. The van der Waals surface area contributed by atoms with Gasteiger partial charge in [0, 0.05) is 43.5 Å². The number of carbonyl (C=O) groups is 1. The maximum atomic E-state index is 11.9. The Hall–Kier alpha value is -1.13. The lowest BCUT2D eigenvalue weighted by Crippen LogP contribution is -2.49. The third-order valence-electron chi connectivity index (χ3n) is 4.71. The van der Waals surface area contributed by atoms with Crippen LogP contribution in [0.2, 0.25) is 0 Å². The number of rotatable bonds is 15. The number of nitrogens with one attached hydrogen (secondary N) is 1. The van der Waals surface area contributed by atoms with Crippen LogP contribution in [0.3, 0.4) is 0 Å². The Morgan fingerprint density at radius 2 is 1.53 bits per heavy atom. The summed E-state index contributed by atoms with van der Waals surface area (Å²) < 4.78 is 0. The third-order valence-corrected chi connectivity index (χ3v) is 5.05. The Kier molecular flexibility index (Phi) is 13.3. The van der Waals surface area contributed by atoms with E-state index in [-0.39, 0.29) is 18.9 Å². The Bertz CT molecular complexity index is 601. The average Bonchev–Trinajstić information content (AvgIpc) is 2.76. The molecule has 0 aliphatic carbocycles. The molecule has 30 heavy (non-hydrogen) atoms. The number of nitrogens with zero attached hydrogens (tertiary/aromatic N) is 1. The van der Waals surface area contributed by atoms with Crippen molar-refractivity contribution in [1.82, 2.24) is 5.32 Å². The Morgan fingerprint density at radius 1 is 0.967 bits per heavy atom. The van der Waals surface area contributed by atoms with Crippen LogP contribution in [0.1, 0.15) is 18.4 Å². The molecule has 4 atom stereocenters. The van der Waals surface area contributed by atoms with Crippen molar-refractivity contribution in [3.8, 4) is 0 Å². The first-order chi connectivity index (χ1) is 14.3. The zero-order valence-corrected chi connectivity index (χ0v) is 18.3. The van der Waals surface area contributed by atoms with Crippen LogP contribution in [0.15, 0.2) is 24.3 Å². The van der Waals surface area contributed by atoms with E-state index >= 15 is 0 Å². The number of hydrogen-bond acceptors (Lipinski definition) is 7. The summed E-state index contributed by atoms with van der Waals surface area (Å²) >= 11 is 11.6. The minimum Gasteiger partial charge on any atom is -0.394 e. The molecule has 0 aromatic heterocycles. The van der Waals surface area contributed by atoms with E-state index in [9.17, 15) is 25.2 Å². The second-order valence-corrected chi connectivity index (χ2v) is 7.74. The molecule has 0 spiro atoms. The molecule has 10 heteroatoms. The van der Waals surface area contributed by atoms with Gasteiger partial charge in [-0.3, -0.25) is 4.79 Å². The lowest BCUT2D eigenvalue weighted by atomic mass is 10.0. The van der Waals surface area contributed by atoms with Crippen LogP contribution in [0.25, 0.3) is 0 Å². The molecule has 0 bridgehead atoms. The summed E-state index contributed by atoms with van der Waals surface area (Å²) in [6.07, 6.45) is -4.92. The van der Waals surface area contributed by atoms with Gasteiger partial charge >= 0.3 is 0 Å². The second-order valence-electron chi connectivity index (χ2n) is 6.99. The Balaban J connectivity index is 2.37. The van der Waals surface area contributed by atoms with Crippen LogP contribution in [-0.2, 0) is 11.2 Å². The summed E-state index contributed by atoms with van der Waals surface area (Å²) in [6, 6.07) is 7.99. The van der Waals surface area contributed by atoms with Crippen LogP contribution in [0, 0.1) is 0 Å². The minimum atomic E-state index is -1.71. The van der Waals surface area contributed by atoms with Gasteiger partial charge in [-0.1, -0.05) is 12.1 Å². The van der Waals surface area contributed by atoms with Crippen LogP contribution in [0.5, 0.6) is 0 Å². The molecule has 0 fully saturated rings. The van der Waals surface area contributed by atoms with Crippen LogP contribution >= 0.6 is 23.2 Å².